The summed E-state index contributed by atoms with van der Waals surface area (Å²) in [5, 5.41) is 8.82. The predicted molar refractivity (Wildman–Crippen MR) is 66.7 cm³/mol. The first-order chi connectivity index (χ1) is 8.22. The van der Waals surface area contributed by atoms with Crippen molar-refractivity contribution in [3.8, 4) is 0 Å². The highest BCUT2D eigenvalue weighted by molar-refractivity contribution is 5.69. The third-order valence-electron chi connectivity index (χ3n) is 3.11. The molecule has 1 atom stereocenters. The number of aliphatic carboxylic acids is 1. The second-order valence-corrected chi connectivity index (χ2v) is 5.16. The first-order valence-electron chi connectivity index (χ1n) is 5.79. The SMILES string of the molecule is CC(CCC(C)(C)c1cc(=O)[nH]c(=O)[nH]1)C(=O)O. The van der Waals surface area contributed by atoms with Crippen LogP contribution in [0.25, 0.3) is 0 Å². The predicted octanol–water partition coefficient (Wildman–Crippen LogP) is 0.842. The van der Waals surface area contributed by atoms with Gasteiger partial charge in [0.05, 0.1) is 5.92 Å². The number of carbonyl (C=O) groups is 1. The van der Waals surface area contributed by atoms with Gasteiger partial charge in [-0.05, 0) is 12.8 Å². The van der Waals surface area contributed by atoms with Gasteiger partial charge < -0.3 is 10.1 Å². The Bertz CT molecular complexity index is 513. The number of rotatable bonds is 5. The standard InChI is InChI=1S/C12H18N2O4/c1-7(10(16)17)4-5-12(2,3)8-6-9(15)14-11(18)13-8/h6-7H,4-5H2,1-3H3,(H,16,17)(H2,13,14,15,18). The fraction of sp³-hybridized carbons (Fsp3) is 0.583. The van der Waals surface area contributed by atoms with Crippen molar-refractivity contribution < 1.29 is 9.90 Å². The summed E-state index contributed by atoms with van der Waals surface area (Å²) in [5.41, 5.74) is -0.921. The largest absolute Gasteiger partial charge is 0.481 e. The molecule has 0 fully saturated rings. The van der Waals surface area contributed by atoms with Gasteiger partial charge in [0.15, 0.2) is 0 Å². The minimum Gasteiger partial charge on any atom is -0.481 e. The maximum atomic E-state index is 11.2. The highest BCUT2D eigenvalue weighted by Gasteiger charge is 2.24. The number of H-pyrrole nitrogens is 2. The van der Waals surface area contributed by atoms with Crippen LogP contribution in [0.4, 0.5) is 0 Å². The average molecular weight is 254 g/mol. The molecule has 1 heterocycles. The van der Waals surface area contributed by atoms with Crippen LogP contribution in [0.1, 0.15) is 39.3 Å². The lowest BCUT2D eigenvalue weighted by Gasteiger charge is -2.25. The molecule has 0 saturated heterocycles. The van der Waals surface area contributed by atoms with Gasteiger partial charge in [-0.15, -0.1) is 0 Å². The number of carboxylic acids is 1. The molecule has 1 aromatic heterocycles. The van der Waals surface area contributed by atoms with Crippen molar-refractivity contribution in [1.29, 1.82) is 0 Å². The maximum absolute atomic E-state index is 11.2. The summed E-state index contributed by atoms with van der Waals surface area (Å²) in [4.78, 5) is 37.9. The Morgan fingerprint density at radius 2 is 2.00 bits per heavy atom. The van der Waals surface area contributed by atoms with Crippen LogP contribution in [-0.4, -0.2) is 21.0 Å². The van der Waals surface area contributed by atoms with Crippen LogP contribution in [0.15, 0.2) is 15.7 Å². The van der Waals surface area contributed by atoms with Crippen LogP contribution in [0.3, 0.4) is 0 Å². The number of aromatic nitrogens is 2. The van der Waals surface area contributed by atoms with Crippen LogP contribution in [0, 0.1) is 5.92 Å². The van der Waals surface area contributed by atoms with Crippen molar-refractivity contribution in [2.75, 3.05) is 0 Å². The molecular formula is C12H18N2O4. The molecule has 3 N–H and O–H groups in total. The summed E-state index contributed by atoms with van der Waals surface area (Å²) in [6.45, 7) is 5.37. The summed E-state index contributed by atoms with van der Waals surface area (Å²) >= 11 is 0. The first kappa shape index (κ1) is 14.2. The molecule has 0 aliphatic rings. The Balaban J connectivity index is 2.89. The summed E-state index contributed by atoms with van der Waals surface area (Å²) < 4.78 is 0. The van der Waals surface area contributed by atoms with E-state index in [1.54, 1.807) is 6.92 Å². The molecule has 6 nitrogen and oxygen atoms in total. The molecule has 0 radical (unpaired) electrons. The van der Waals surface area contributed by atoms with Crippen LogP contribution < -0.4 is 11.2 Å². The van der Waals surface area contributed by atoms with Crippen LogP contribution in [0.5, 0.6) is 0 Å². The smallest absolute Gasteiger partial charge is 0.325 e. The zero-order valence-electron chi connectivity index (χ0n) is 10.7. The van der Waals surface area contributed by atoms with E-state index in [1.807, 2.05) is 13.8 Å². The monoisotopic (exact) mass is 254 g/mol. The van der Waals surface area contributed by atoms with Crippen LogP contribution in [-0.2, 0) is 10.2 Å². The Kier molecular flexibility index (Phi) is 4.11. The van der Waals surface area contributed by atoms with Gasteiger partial charge >= 0.3 is 11.7 Å². The van der Waals surface area contributed by atoms with Crippen molar-refractivity contribution >= 4 is 5.97 Å². The molecule has 0 aromatic carbocycles. The van der Waals surface area contributed by atoms with Gasteiger partial charge in [-0.1, -0.05) is 20.8 Å². The van der Waals surface area contributed by atoms with E-state index in [4.69, 9.17) is 5.11 Å². The molecular weight excluding hydrogens is 236 g/mol. The fourth-order valence-electron chi connectivity index (χ4n) is 1.67. The van der Waals surface area contributed by atoms with Crippen molar-refractivity contribution in [2.24, 2.45) is 5.92 Å². The van der Waals surface area contributed by atoms with Crippen molar-refractivity contribution in [3.63, 3.8) is 0 Å². The lowest BCUT2D eigenvalue weighted by molar-refractivity contribution is -0.141. The molecule has 0 aliphatic carbocycles. The Morgan fingerprint density at radius 1 is 1.39 bits per heavy atom. The summed E-state index contributed by atoms with van der Waals surface area (Å²) in [6, 6.07) is 1.34. The Labute approximate surface area is 104 Å². The number of hydrogen-bond donors (Lipinski definition) is 3. The summed E-state index contributed by atoms with van der Waals surface area (Å²) in [7, 11) is 0. The van der Waals surface area contributed by atoms with Crippen molar-refractivity contribution in [1.82, 2.24) is 9.97 Å². The van der Waals surface area contributed by atoms with Gasteiger partial charge in [0, 0.05) is 17.2 Å². The second kappa shape index (κ2) is 5.20. The molecule has 1 unspecified atom stereocenters. The highest BCUT2D eigenvalue weighted by Crippen LogP contribution is 2.27. The van der Waals surface area contributed by atoms with E-state index >= 15 is 0 Å². The minimum atomic E-state index is -0.842. The summed E-state index contributed by atoms with van der Waals surface area (Å²) in [6.07, 6.45) is 1.05. The Hall–Kier alpha value is -1.85. The lowest BCUT2D eigenvalue weighted by Crippen LogP contribution is -2.30. The molecule has 0 bridgehead atoms. The van der Waals surface area contributed by atoms with Gasteiger partial charge in [0.25, 0.3) is 5.56 Å². The van der Waals surface area contributed by atoms with E-state index in [0.29, 0.717) is 18.5 Å². The molecule has 18 heavy (non-hydrogen) atoms. The van der Waals surface area contributed by atoms with Crippen molar-refractivity contribution in [3.05, 3.63) is 32.6 Å². The average Bonchev–Trinajstić information content (AvgIpc) is 2.24. The van der Waals surface area contributed by atoms with E-state index in [0.717, 1.165) is 0 Å². The maximum Gasteiger partial charge on any atom is 0.325 e. The topological polar surface area (TPSA) is 103 Å². The van der Waals surface area contributed by atoms with E-state index in [2.05, 4.69) is 9.97 Å². The lowest BCUT2D eigenvalue weighted by atomic mass is 9.82. The Morgan fingerprint density at radius 3 is 2.50 bits per heavy atom. The van der Waals surface area contributed by atoms with Gasteiger partial charge in [0.1, 0.15) is 0 Å². The van der Waals surface area contributed by atoms with E-state index in [1.165, 1.54) is 6.07 Å². The molecule has 0 saturated carbocycles. The molecule has 1 rings (SSSR count). The van der Waals surface area contributed by atoms with E-state index in [-0.39, 0.29) is 0 Å². The molecule has 1 aromatic rings. The minimum absolute atomic E-state index is 0.446. The third-order valence-corrected chi connectivity index (χ3v) is 3.11. The van der Waals surface area contributed by atoms with Crippen molar-refractivity contribution in [2.45, 2.75) is 39.0 Å². The van der Waals surface area contributed by atoms with Gasteiger partial charge in [-0.3, -0.25) is 14.6 Å². The molecule has 100 valence electrons. The first-order valence-corrected chi connectivity index (χ1v) is 5.79. The van der Waals surface area contributed by atoms with Gasteiger partial charge in [0.2, 0.25) is 0 Å². The number of nitrogens with one attached hydrogen (secondary N) is 2. The van der Waals surface area contributed by atoms with Gasteiger partial charge in [-0.25, -0.2) is 4.79 Å². The molecule has 6 heteroatoms. The normalized spacial score (nSPS) is 13.3. The summed E-state index contributed by atoms with van der Waals surface area (Å²) in [5.74, 6) is -1.29. The number of hydrogen-bond acceptors (Lipinski definition) is 3. The molecule has 0 spiro atoms. The quantitative estimate of drug-likeness (QED) is 0.724. The zero-order chi connectivity index (χ0) is 13.9. The second-order valence-electron chi connectivity index (χ2n) is 5.16. The third kappa shape index (κ3) is 3.58. The number of carboxylic acid groups (broad SMARTS) is 1. The highest BCUT2D eigenvalue weighted by atomic mass is 16.4. The molecule has 0 amide bonds. The fourth-order valence-corrected chi connectivity index (χ4v) is 1.67. The number of aromatic amines is 2. The van der Waals surface area contributed by atoms with E-state index < -0.39 is 28.6 Å². The van der Waals surface area contributed by atoms with Crippen LogP contribution >= 0.6 is 0 Å². The zero-order valence-corrected chi connectivity index (χ0v) is 10.7. The molecule has 0 aliphatic heterocycles. The van der Waals surface area contributed by atoms with Gasteiger partial charge in [-0.2, -0.15) is 0 Å². The van der Waals surface area contributed by atoms with Crippen LogP contribution in [0.2, 0.25) is 0 Å². The van der Waals surface area contributed by atoms with E-state index in [9.17, 15) is 14.4 Å².